The first-order valence-corrected chi connectivity index (χ1v) is 11.1. The van der Waals surface area contributed by atoms with Crippen LogP contribution in [0.4, 0.5) is 10.8 Å². The Morgan fingerprint density at radius 3 is 2.62 bits per heavy atom. The molecule has 2 N–H and O–H groups in total. The van der Waals surface area contributed by atoms with Crippen molar-refractivity contribution in [2.24, 2.45) is 7.05 Å². The van der Waals surface area contributed by atoms with Crippen LogP contribution in [-0.2, 0) is 28.3 Å². The number of sulfonamides is 1. The lowest BCUT2D eigenvalue weighted by Gasteiger charge is -2.08. The molecule has 0 radical (unpaired) electrons. The lowest BCUT2D eigenvalue weighted by atomic mass is 10.1. The molecule has 2 aromatic carbocycles. The molecule has 29 heavy (non-hydrogen) atoms. The van der Waals surface area contributed by atoms with Crippen LogP contribution in [0.5, 0.6) is 0 Å². The number of carbonyl (C=O) groups excluding carboxylic acids is 1. The molecule has 148 valence electrons. The maximum Gasteiger partial charge on any atom is 0.263 e. The second kappa shape index (κ2) is 7.69. The van der Waals surface area contributed by atoms with Gasteiger partial charge in [-0.1, -0.05) is 18.2 Å². The molecular weight excluding hydrogens is 408 g/mol. The molecule has 0 atom stereocenters. The normalized spacial score (nSPS) is 11.5. The highest BCUT2D eigenvalue weighted by Gasteiger charge is 2.16. The molecular formula is C20H18N4O3S2. The zero-order valence-electron chi connectivity index (χ0n) is 15.5. The number of nitrogens with one attached hydrogen (secondary N) is 2. The third-order valence-electron chi connectivity index (χ3n) is 4.43. The third-order valence-corrected chi connectivity index (χ3v) is 6.61. The molecule has 0 aliphatic heterocycles. The molecule has 0 saturated carbocycles. The minimum absolute atomic E-state index is 0.0970. The largest absolute Gasteiger partial charge is 0.350 e. The van der Waals surface area contributed by atoms with Crippen LogP contribution in [0.3, 0.4) is 0 Å². The standard InChI is InChI=1S/C20H18N4O3S2/c1-24-13-14(17-4-2-3-5-18(17)24)12-19(25)22-15-6-8-16(9-7-15)29(26,27)23-20-21-10-11-28-20/h2-11,13H,12H2,1H3,(H,21,23)(H,22,25). The highest BCUT2D eigenvalue weighted by atomic mass is 32.2. The molecule has 0 spiro atoms. The van der Waals surface area contributed by atoms with Crippen molar-refractivity contribution in [3.63, 3.8) is 0 Å². The van der Waals surface area contributed by atoms with E-state index in [-0.39, 0.29) is 17.2 Å². The van der Waals surface area contributed by atoms with Gasteiger partial charge in [0.15, 0.2) is 5.13 Å². The van der Waals surface area contributed by atoms with E-state index in [1.165, 1.54) is 29.7 Å². The lowest BCUT2D eigenvalue weighted by molar-refractivity contribution is -0.115. The number of rotatable bonds is 6. The summed E-state index contributed by atoms with van der Waals surface area (Å²) in [4.78, 5) is 16.5. The zero-order valence-corrected chi connectivity index (χ0v) is 17.1. The van der Waals surface area contributed by atoms with E-state index in [0.717, 1.165) is 16.5 Å². The number of anilines is 2. The van der Waals surface area contributed by atoms with E-state index in [4.69, 9.17) is 0 Å². The Labute approximate surface area is 172 Å². The maximum absolute atomic E-state index is 12.5. The maximum atomic E-state index is 12.5. The zero-order chi connectivity index (χ0) is 20.4. The molecule has 0 fully saturated rings. The van der Waals surface area contributed by atoms with Crippen molar-refractivity contribution in [3.8, 4) is 0 Å². The lowest BCUT2D eigenvalue weighted by Crippen LogP contribution is -2.15. The summed E-state index contributed by atoms with van der Waals surface area (Å²) in [5.74, 6) is -0.169. The van der Waals surface area contributed by atoms with E-state index in [2.05, 4.69) is 15.0 Å². The van der Waals surface area contributed by atoms with Gasteiger partial charge in [-0.3, -0.25) is 9.52 Å². The summed E-state index contributed by atoms with van der Waals surface area (Å²) >= 11 is 1.20. The highest BCUT2D eigenvalue weighted by Crippen LogP contribution is 2.22. The summed E-state index contributed by atoms with van der Waals surface area (Å²) in [6.07, 6.45) is 3.70. The van der Waals surface area contributed by atoms with Crippen molar-refractivity contribution >= 4 is 49.0 Å². The molecule has 7 nitrogen and oxygen atoms in total. The number of aryl methyl sites for hydroxylation is 1. The first kappa shape index (κ1) is 19.2. The molecule has 0 aliphatic rings. The van der Waals surface area contributed by atoms with Gasteiger partial charge in [-0.25, -0.2) is 13.4 Å². The fourth-order valence-electron chi connectivity index (χ4n) is 3.11. The van der Waals surface area contributed by atoms with Crippen LogP contribution in [0.25, 0.3) is 10.9 Å². The number of amides is 1. The second-order valence-corrected chi connectivity index (χ2v) is 9.05. The number of para-hydroxylation sites is 1. The van der Waals surface area contributed by atoms with Crippen molar-refractivity contribution in [2.75, 3.05) is 10.0 Å². The Kier molecular flexibility index (Phi) is 5.08. The van der Waals surface area contributed by atoms with Crippen LogP contribution < -0.4 is 10.0 Å². The Hall–Kier alpha value is -3.17. The van der Waals surface area contributed by atoms with Crippen molar-refractivity contribution < 1.29 is 13.2 Å². The van der Waals surface area contributed by atoms with Crippen LogP contribution in [0.15, 0.2) is 71.2 Å². The van der Waals surface area contributed by atoms with Gasteiger partial charge in [-0.05, 0) is 35.9 Å². The smallest absolute Gasteiger partial charge is 0.263 e. The number of nitrogens with zero attached hydrogens (tertiary/aromatic N) is 2. The first-order valence-electron chi connectivity index (χ1n) is 8.77. The van der Waals surface area contributed by atoms with Gasteiger partial charge in [0.25, 0.3) is 10.0 Å². The topological polar surface area (TPSA) is 93.1 Å². The van der Waals surface area contributed by atoms with E-state index < -0.39 is 10.0 Å². The SMILES string of the molecule is Cn1cc(CC(=O)Nc2ccc(S(=O)(=O)Nc3nccs3)cc2)c2ccccc21. The molecule has 2 aromatic heterocycles. The summed E-state index contributed by atoms with van der Waals surface area (Å²) < 4.78 is 29.1. The van der Waals surface area contributed by atoms with E-state index in [1.54, 1.807) is 17.5 Å². The molecule has 9 heteroatoms. The monoisotopic (exact) mass is 426 g/mol. The summed E-state index contributed by atoms with van der Waals surface area (Å²) in [6.45, 7) is 0. The molecule has 4 aromatic rings. The number of benzene rings is 2. The molecule has 4 rings (SSSR count). The van der Waals surface area contributed by atoms with E-state index in [1.807, 2.05) is 42.1 Å². The van der Waals surface area contributed by atoms with Crippen molar-refractivity contribution in [3.05, 3.63) is 71.9 Å². The molecule has 2 heterocycles. The van der Waals surface area contributed by atoms with Gasteiger partial charge >= 0.3 is 0 Å². The minimum atomic E-state index is -3.72. The average Bonchev–Trinajstić information content (AvgIpc) is 3.30. The fraction of sp³-hybridized carbons (Fsp3) is 0.100. The van der Waals surface area contributed by atoms with E-state index in [0.29, 0.717) is 10.8 Å². The average molecular weight is 427 g/mol. The van der Waals surface area contributed by atoms with Crippen LogP contribution in [0.1, 0.15) is 5.56 Å². The van der Waals surface area contributed by atoms with Gasteiger partial charge in [0.05, 0.1) is 11.3 Å². The summed E-state index contributed by atoms with van der Waals surface area (Å²) in [5.41, 5.74) is 2.54. The molecule has 0 bridgehead atoms. The Bertz CT molecular complexity index is 1260. The van der Waals surface area contributed by atoms with E-state index >= 15 is 0 Å². The Morgan fingerprint density at radius 1 is 1.14 bits per heavy atom. The second-order valence-electron chi connectivity index (χ2n) is 6.47. The van der Waals surface area contributed by atoms with Crippen LogP contribution in [0.2, 0.25) is 0 Å². The highest BCUT2D eigenvalue weighted by molar-refractivity contribution is 7.93. The van der Waals surface area contributed by atoms with Gasteiger partial charge in [0.2, 0.25) is 5.91 Å². The van der Waals surface area contributed by atoms with Crippen LogP contribution in [0, 0.1) is 0 Å². The van der Waals surface area contributed by atoms with Crippen LogP contribution >= 0.6 is 11.3 Å². The van der Waals surface area contributed by atoms with Crippen LogP contribution in [-0.4, -0.2) is 23.9 Å². The van der Waals surface area contributed by atoms with Gasteiger partial charge in [-0.2, -0.15) is 0 Å². The molecule has 1 amide bonds. The molecule has 0 unspecified atom stereocenters. The number of fused-ring (bicyclic) bond motifs is 1. The van der Waals surface area contributed by atoms with Crippen molar-refractivity contribution in [2.45, 2.75) is 11.3 Å². The quantitative estimate of drug-likeness (QED) is 0.492. The van der Waals surface area contributed by atoms with Gasteiger partial charge in [0.1, 0.15) is 0 Å². The number of hydrogen-bond acceptors (Lipinski definition) is 5. The number of thiazole rings is 1. The van der Waals surface area contributed by atoms with Crippen molar-refractivity contribution in [1.29, 1.82) is 0 Å². The van der Waals surface area contributed by atoms with Gasteiger partial charge in [0, 0.05) is 41.4 Å². The molecule has 0 aliphatic carbocycles. The number of carbonyl (C=O) groups is 1. The van der Waals surface area contributed by atoms with Crippen molar-refractivity contribution in [1.82, 2.24) is 9.55 Å². The first-order chi connectivity index (χ1) is 13.9. The summed E-state index contributed by atoms with van der Waals surface area (Å²) in [6, 6.07) is 13.9. The summed E-state index contributed by atoms with van der Waals surface area (Å²) in [5, 5.41) is 5.85. The Balaban J connectivity index is 1.45. The van der Waals surface area contributed by atoms with Gasteiger partial charge in [-0.15, -0.1) is 11.3 Å². The third kappa shape index (κ3) is 4.15. The predicted octanol–water partition coefficient (Wildman–Crippen LogP) is 3.62. The molecule has 0 saturated heterocycles. The fourth-order valence-corrected chi connectivity index (χ4v) is 4.90. The predicted molar refractivity (Wildman–Crippen MR) is 115 cm³/mol. The minimum Gasteiger partial charge on any atom is -0.350 e. The number of aromatic nitrogens is 2. The van der Waals surface area contributed by atoms with Gasteiger partial charge < -0.3 is 9.88 Å². The van der Waals surface area contributed by atoms with E-state index in [9.17, 15) is 13.2 Å². The summed E-state index contributed by atoms with van der Waals surface area (Å²) in [7, 11) is -1.77. The number of hydrogen-bond donors (Lipinski definition) is 2. The Morgan fingerprint density at radius 2 is 1.90 bits per heavy atom.